The van der Waals surface area contributed by atoms with Crippen molar-refractivity contribution in [2.24, 2.45) is 0 Å². The number of phenols is 1. The van der Waals surface area contributed by atoms with Crippen LogP contribution in [0.3, 0.4) is 0 Å². The molecule has 34 heavy (non-hydrogen) atoms. The zero-order chi connectivity index (χ0) is 24.2. The van der Waals surface area contributed by atoms with Gasteiger partial charge in [0.25, 0.3) is 0 Å². The molecule has 5 rings (SSSR count). The molecule has 176 valence electrons. The number of hydrogen-bond acceptors (Lipinski definition) is 5. The van der Waals surface area contributed by atoms with Gasteiger partial charge in [-0.1, -0.05) is 31.9 Å². The van der Waals surface area contributed by atoms with Gasteiger partial charge in [0, 0.05) is 21.8 Å². The number of pyridine rings is 1. The van der Waals surface area contributed by atoms with Gasteiger partial charge in [-0.3, -0.25) is 14.6 Å². The minimum Gasteiger partial charge on any atom is -0.506 e. The predicted molar refractivity (Wildman–Crippen MR) is 132 cm³/mol. The van der Waals surface area contributed by atoms with Crippen molar-refractivity contribution in [1.29, 1.82) is 0 Å². The van der Waals surface area contributed by atoms with Crippen molar-refractivity contribution in [2.75, 3.05) is 10.6 Å². The van der Waals surface area contributed by atoms with Crippen LogP contribution in [0.4, 0.5) is 15.8 Å². The second-order valence-corrected chi connectivity index (χ2v) is 9.58. The van der Waals surface area contributed by atoms with E-state index in [-0.39, 0.29) is 30.0 Å². The van der Waals surface area contributed by atoms with Gasteiger partial charge in [-0.2, -0.15) is 0 Å². The van der Waals surface area contributed by atoms with Crippen molar-refractivity contribution in [2.45, 2.75) is 32.3 Å². The molecule has 0 spiro atoms. The normalized spacial score (nSPS) is 14.1. The topological polar surface area (TPSA) is 101 Å². The fourth-order valence-corrected chi connectivity index (χ4v) is 4.60. The van der Waals surface area contributed by atoms with E-state index < -0.39 is 0 Å². The highest BCUT2D eigenvalue weighted by atomic mass is 79.9. The predicted octanol–water partition coefficient (Wildman–Crippen LogP) is 5.49. The highest BCUT2D eigenvalue weighted by molar-refractivity contribution is 9.10. The number of carbonyl (C=O) groups excluding carboxylic acids is 2. The Morgan fingerprint density at radius 1 is 0.912 bits per heavy atom. The first-order valence-corrected chi connectivity index (χ1v) is 12.0. The second-order valence-electron chi connectivity index (χ2n) is 7.75. The maximum atomic E-state index is 12.8. The van der Waals surface area contributed by atoms with Crippen LogP contribution < -0.4 is 15.4 Å². The average Bonchev–Trinajstić information content (AvgIpc) is 2.80. The van der Waals surface area contributed by atoms with Crippen molar-refractivity contribution in [3.05, 3.63) is 74.2 Å². The van der Waals surface area contributed by atoms with Crippen LogP contribution >= 0.6 is 31.9 Å². The summed E-state index contributed by atoms with van der Waals surface area (Å²) in [4.78, 5) is 26.5. The van der Waals surface area contributed by atoms with E-state index in [1.807, 2.05) is 12.1 Å². The number of aromatic hydroxyl groups is 1. The molecular formula is C24H20Br2FN3O4. The first kappa shape index (κ1) is 24.2. The summed E-state index contributed by atoms with van der Waals surface area (Å²) in [5.74, 6) is 0.265. The highest BCUT2D eigenvalue weighted by Gasteiger charge is 2.20. The lowest BCUT2D eigenvalue weighted by Crippen LogP contribution is -2.20. The Bertz CT molecular complexity index is 1250. The van der Waals surface area contributed by atoms with E-state index in [0.717, 1.165) is 26.3 Å². The SMILES string of the molecule is O=C1CCc2cc(Br)cc(O)c2N1.O=C1CCc2cc(Br)cc(OCc3ccc(F)cn3)c2N1. The number of ether oxygens (including phenoxy) is 1. The van der Waals surface area contributed by atoms with Crippen LogP contribution in [0.1, 0.15) is 29.7 Å². The number of aryl methyl sites for hydroxylation is 2. The molecule has 2 aliphatic rings. The maximum absolute atomic E-state index is 12.8. The van der Waals surface area contributed by atoms with Crippen molar-refractivity contribution in [3.8, 4) is 11.5 Å². The van der Waals surface area contributed by atoms with E-state index in [9.17, 15) is 19.1 Å². The lowest BCUT2D eigenvalue weighted by Gasteiger charge is -2.20. The molecule has 0 radical (unpaired) electrons. The van der Waals surface area contributed by atoms with Crippen molar-refractivity contribution < 1.29 is 23.8 Å². The van der Waals surface area contributed by atoms with E-state index in [1.165, 1.54) is 6.07 Å². The van der Waals surface area contributed by atoms with Gasteiger partial charge in [0.05, 0.1) is 23.3 Å². The smallest absolute Gasteiger partial charge is 0.224 e. The molecule has 0 fully saturated rings. The molecule has 0 saturated heterocycles. The standard InChI is InChI=1S/C15H12BrFN2O2.C9H8BrNO2/c16-10-5-9-1-4-14(20)19-15(9)13(6-10)21-8-12-3-2-11(17)7-18-12;10-6-3-5-1-2-8(13)11-9(5)7(12)4-6/h2-3,5-7H,1,4,8H2,(H,19,20);3-4,12H,1-2H2,(H,11,13). The summed E-state index contributed by atoms with van der Waals surface area (Å²) in [5.41, 5.74) is 3.89. The van der Waals surface area contributed by atoms with Gasteiger partial charge in [0.2, 0.25) is 11.8 Å². The monoisotopic (exact) mass is 591 g/mol. The minimum absolute atomic E-state index is 0.0189. The van der Waals surface area contributed by atoms with Crippen LogP contribution in [0, 0.1) is 5.82 Å². The van der Waals surface area contributed by atoms with Gasteiger partial charge >= 0.3 is 0 Å². The van der Waals surface area contributed by atoms with Gasteiger partial charge in [-0.15, -0.1) is 0 Å². The van der Waals surface area contributed by atoms with E-state index in [4.69, 9.17) is 4.74 Å². The fraction of sp³-hybridized carbons (Fsp3) is 0.208. The Balaban J connectivity index is 0.000000180. The lowest BCUT2D eigenvalue weighted by atomic mass is 10.0. The van der Waals surface area contributed by atoms with E-state index in [0.29, 0.717) is 48.5 Å². The van der Waals surface area contributed by atoms with Gasteiger partial charge in [0.15, 0.2) is 0 Å². The Morgan fingerprint density at radius 2 is 1.53 bits per heavy atom. The molecule has 0 saturated carbocycles. The largest absolute Gasteiger partial charge is 0.506 e. The molecule has 2 aliphatic heterocycles. The number of nitrogens with zero attached hydrogens (tertiary/aromatic N) is 1. The molecule has 10 heteroatoms. The summed E-state index contributed by atoms with van der Waals surface area (Å²) in [6.07, 6.45) is 3.49. The number of rotatable bonds is 3. The van der Waals surface area contributed by atoms with Gasteiger partial charge in [-0.05, 0) is 60.4 Å². The Morgan fingerprint density at radius 3 is 2.18 bits per heavy atom. The Labute approximate surface area is 212 Å². The molecule has 3 heterocycles. The van der Waals surface area contributed by atoms with Crippen LogP contribution in [0.5, 0.6) is 11.5 Å². The fourth-order valence-electron chi connectivity index (χ4n) is 3.62. The number of aromatic nitrogens is 1. The average molecular weight is 593 g/mol. The number of hydrogen-bond donors (Lipinski definition) is 3. The summed E-state index contributed by atoms with van der Waals surface area (Å²) in [6, 6.07) is 10.2. The first-order chi connectivity index (χ1) is 16.3. The summed E-state index contributed by atoms with van der Waals surface area (Å²) >= 11 is 6.72. The highest BCUT2D eigenvalue weighted by Crippen LogP contribution is 2.36. The Hall–Kier alpha value is -2.98. The number of benzene rings is 2. The molecule has 2 amide bonds. The Kier molecular flexibility index (Phi) is 7.47. The molecule has 0 aliphatic carbocycles. The van der Waals surface area contributed by atoms with Gasteiger partial charge < -0.3 is 20.5 Å². The molecule has 2 aromatic carbocycles. The molecule has 0 bridgehead atoms. The third-order valence-corrected chi connectivity index (χ3v) is 6.16. The van der Waals surface area contributed by atoms with E-state index in [1.54, 1.807) is 18.2 Å². The number of nitrogens with one attached hydrogen (secondary N) is 2. The van der Waals surface area contributed by atoms with Crippen molar-refractivity contribution >= 4 is 55.0 Å². The van der Waals surface area contributed by atoms with Crippen LogP contribution in [0.2, 0.25) is 0 Å². The minimum atomic E-state index is -0.383. The number of fused-ring (bicyclic) bond motifs is 2. The van der Waals surface area contributed by atoms with E-state index in [2.05, 4.69) is 47.5 Å². The van der Waals surface area contributed by atoms with Crippen LogP contribution in [0.25, 0.3) is 0 Å². The number of phenolic OH excluding ortho intramolecular Hbond substituents is 1. The molecule has 1 aromatic heterocycles. The van der Waals surface area contributed by atoms with Gasteiger partial charge in [-0.25, -0.2) is 4.39 Å². The molecule has 3 aromatic rings. The lowest BCUT2D eigenvalue weighted by molar-refractivity contribution is -0.117. The molecule has 3 N–H and O–H groups in total. The number of amides is 2. The molecule has 7 nitrogen and oxygen atoms in total. The first-order valence-electron chi connectivity index (χ1n) is 10.4. The number of carbonyl (C=O) groups is 2. The second kappa shape index (κ2) is 10.5. The summed E-state index contributed by atoms with van der Waals surface area (Å²) in [7, 11) is 0. The maximum Gasteiger partial charge on any atom is 0.224 e. The molecule has 0 atom stereocenters. The van der Waals surface area contributed by atoms with Crippen LogP contribution in [0.15, 0.2) is 51.5 Å². The summed E-state index contributed by atoms with van der Waals surface area (Å²) in [6.45, 7) is 0.207. The zero-order valence-electron chi connectivity index (χ0n) is 17.8. The quantitative estimate of drug-likeness (QED) is 0.349. The molecular weight excluding hydrogens is 573 g/mol. The zero-order valence-corrected chi connectivity index (χ0v) is 21.0. The van der Waals surface area contributed by atoms with Crippen molar-refractivity contribution in [1.82, 2.24) is 4.98 Å². The van der Waals surface area contributed by atoms with Crippen LogP contribution in [-0.4, -0.2) is 21.9 Å². The molecule has 0 unspecified atom stereocenters. The van der Waals surface area contributed by atoms with Gasteiger partial charge in [0.1, 0.15) is 23.9 Å². The number of halogens is 3. The van der Waals surface area contributed by atoms with E-state index >= 15 is 0 Å². The third-order valence-electron chi connectivity index (χ3n) is 5.25. The van der Waals surface area contributed by atoms with Crippen LogP contribution in [-0.2, 0) is 29.0 Å². The number of anilines is 2. The summed E-state index contributed by atoms with van der Waals surface area (Å²) < 4.78 is 20.3. The summed E-state index contributed by atoms with van der Waals surface area (Å²) in [5, 5.41) is 15.0. The van der Waals surface area contributed by atoms with Crippen molar-refractivity contribution in [3.63, 3.8) is 0 Å². The third kappa shape index (κ3) is 5.92.